The van der Waals surface area contributed by atoms with Gasteiger partial charge >= 0.3 is 0 Å². The van der Waals surface area contributed by atoms with E-state index in [4.69, 9.17) is 0 Å². The molecule has 0 bridgehead atoms. The summed E-state index contributed by atoms with van der Waals surface area (Å²) in [4.78, 5) is 15.1. The van der Waals surface area contributed by atoms with Gasteiger partial charge in [-0.3, -0.25) is 9.69 Å². The fourth-order valence-electron chi connectivity index (χ4n) is 3.42. The molecule has 0 saturated carbocycles. The number of rotatable bonds is 8. The summed E-state index contributed by atoms with van der Waals surface area (Å²) in [6.45, 7) is 7.66. The average Bonchev–Trinajstić information content (AvgIpc) is 2.67. The Morgan fingerprint density at radius 1 is 1.00 bits per heavy atom. The van der Waals surface area contributed by atoms with Crippen LogP contribution < -0.4 is 5.32 Å². The van der Waals surface area contributed by atoms with E-state index in [1.54, 1.807) is 37.2 Å². The number of nitrogens with zero attached hydrogens (tertiary/aromatic N) is 1. The molecular formula is C23H31FN2O3S. The molecule has 0 radical (unpaired) electrons. The van der Waals surface area contributed by atoms with Crippen LogP contribution in [0, 0.1) is 5.82 Å². The maximum absolute atomic E-state index is 14.4. The molecule has 164 valence electrons. The van der Waals surface area contributed by atoms with Crippen LogP contribution in [0.2, 0.25) is 0 Å². The number of carbonyl (C=O) groups is 1. The number of hydrogen-bond acceptors (Lipinski definition) is 4. The van der Waals surface area contributed by atoms with Gasteiger partial charge < -0.3 is 5.32 Å². The second kappa shape index (κ2) is 9.71. The first-order valence-corrected chi connectivity index (χ1v) is 11.6. The molecule has 0 aliphatic heterocycles. The molecule has 0 aromatic heterocycles. The zero-order valence-corrected chi connectivity index (χ0v) is 19.3. The van der Waals surface area contributed by atoms with Crippen LogP contribution in [0.15, 0.2) is 47.4 Å². The summed E-state index contributed by atoms with van der Waals surface area (Å²) in [5, 5.41) is 1.24. The molecule has 2 rings (SSSR count). The van der Waals surface area contributed by atoms with E-state index < -0.39 is 26.8 Å². The van der Waals surface area contributed by atoms with Crippen LogP contribution in [0.4, 0.5) is 4.39 Å². The van der Waals surface area contributed by atoms with Crippen molar-refractivity contribution in [1.82, 2.24) is 10.2 Å². The van der Waals surface area contributed by atoms with Crippen molar-refractivity contribution in [3.05, 3.63) is 65.0 Å². The number of benzene rings is 2. The number of carbonyl (C=O) groups excluding carboxylic acids is 1. The van der Waals surface area contributed by atoms with Gasteiger partial charge in [-0.25, -0.2) is 12.8 Å². The van der Waals surface area contributed by atoms with E-state index in [9.17, 15) is 17.6 Å². The van der Waals surface area contributed by atoms with E-state index in [0.29, 0.717) is 16.7 Å². The van der Waals surface area contributed by atoms with Crippen molar-refractivity contribution in [3.8, 4) is 0 Å². The van der Waals surface area contributed by atoms with Crippen molar-refractivity contribution in [1.29, 1.82) is 0 Å². The zero-order chi connectivity index (χ0) is 22.6. The molecule has 1 amide bonds. The Morgan fingerprint density at radius 3 is 1.93 bits per heavy atom. The highest BCUT2D eigenvalue weighted by atomic mass is 32.2. The topological polar surface area (TPSA) is 66.5 Å². The minimum absolute atomic E-state index is 0.0590. The van der Waals surface area contributed by atoms with Crippen LogP contribution in [0.1, 0.15) is 61.5 Å². The summed E-state index contributed by atoms with van der Waals surface area (Å²) in [5.74, 6) is -1.38. The van der Waals surface area contributed by atoms with Gasteiger partial charge in [-0.1, -0.05) is 45.9 Å². The number of amides is 1. The third kappa shape index (κ3) is 5.26. The lowest BCUT2D eigenvalue weighted by Gasteiger charge is -2.27. The second-order valence-corrected chi connectivity index (χ2v) is 10.4. The lowest BCUT2D eigenvalue weighted by Crippen LogP contribution is -2.39. The second-order valence-electron chi connectivity index (χ2n) is 8.32. The van der Waals surface area contributed by atoms with Crippen LogP contribution in [-0.4, -0.2) is 40.0 Å². The van der Waals surface area contributed by atoms with Crippen LogP contribution in [0.5, 0.6) is 0 Å². The molecule has 0 saturated heterocycles. The summed E-state index contributed by atoms with van der Waals surface area (Å²) >= 11 is 0. The van der Waals surface area contributed by atoms with E-state index in [0.717, 1.165) is 0 Å². The highest BCUT2D eigenvalue weighted by molar-refractivity contribution is 7.92. The van der Waals surface area contributed by atoms with Crippen LogP contribution >= 0.6 is 0 Å². The zero-order valence-electron chi connectivity index (χ0n) is 18.4. The molecule has 0 aliphatic rings. The maximum Gasteiger partial charge on any atom is 0.244 e. The molecular weight excluding hydrogens is 403 g/mol. The summed E-state index contributed by atoms with van der Waals surface area (Å²) in [7, 11) is -0.528. The largest absolute Gasteiger partial charge is 0.342 e. The Bertz CT molecular complexity index is 958. The Hall–Kier alpha value is -2.25. The fraction of sp³-hybridized carbons (Fsp3) is 0.435. The highest BCUT2D eigenvalue weighted by Crippen LogP contribution is 2.39. The Kier molecular flexibility index (Phi) is 7.77. The van der Waals surface area contributed by atoms with E-state index in [1.165, 1.54) is 24.3 Å². The molecule has 2 aromatic carbocycles. The SMILES string of the molecule is CC(C)c1cc(F)cc(C(C)C)c1C(C(=O)NCN(C)C)S(=O)(=O)c1ccccc1. The number of sulfone groups is 1. The molecule has 5 nitrogen and oxygen atoms in total. The minimum atomic E-state index is -4.08. The Morgan fingerprint density at radius 2 is 1.50 bits per heavy atom. The van der Waals surface area contributed by atoms with Gasteiger partial charge in [-0.2, -0.15) is 0 Å². The Labute approximate surface area is 179 Å². The third-order valence-corrected chi connectivity index (χ3v) is 6.90. The molecule has 7 heteroatoms. The molecule has 30 heavy (non-hydrogen) atoms. The van der Waals surface area contributed by atoms with Gasteiger partial charge in [0.2, 0.25) is 5.91 Å². The van der Waals surface area contributed by atoms with E-state index in [-0.39, 0.29) is 23.4 Å². The summed E-state index contributed by atoms with van der Waals surface area (Å²) in [6.07, 6.45) is 0. The van der Waals surface area contributed by atoms with Gasteiger partial charge in [0.25, 0.3) is 0 Å². The first-order valence-electron chi connectivity index (χ1n) is 10.0. The van der Waals surface area contributed by atoms with Crippen molar-refractivity contribution in [3.63, 3.8) is 0 Å². The van der Waals surface area contributed by atoms with Gasteiger partial charge in [0, 0.05) is 0 Å². The summed E-state index contributed by atoms with van der Waals surface area (Å²) < 4.78 is 41.8. The molecule has 1 atom stereocenters. The number of halogens is 1. The van der Waals surface area contributed by atoms with E-state index in [2.05, 4.69) is 5.32 Å². The molecule has 0 heterocycles. The third-order valence-electron chi connectivity index (χ3n) is 4.90. The van der Waals surface area contributed by atoms with E-state index >= 15 is 0 Å². The highest BCUT2D eigenvalue weighted by Gasteiger charge is 2.39. The van der Waals surface area contributed by atoms with E-state index in [1.807, 2.05) is 27.7 Å². The van der Waals surface area contributed by atoms with Crippen molar-refractivity contribution in [2.75, 3.05) is 20.8 Å². The lowest BCUT2D eigenvalue weighted by atomic mass is 9.86. The Balaban J connectivity index is 2.83. The average molecular weight is 435 g/mol. The first kappa shape index (κ1) is 24.0. The predicted octanol–water partition coefficient (Wildman–Crippen LogP) is 4.22. The van der Waals surface area contributed by atoms with Crippen LogP contribution in [0.3, 0.4) is 0 Å². The first-order chi connectivity index (χ1) is 14.0. The molecule has 2 aromatic rings. The predicted molar refractivity (Wildman–Crippen MR) is 118 cm³/mol. The lowest BCUT2D eigenvalue weighted by molar-refractivity contribution is -0.121. The van der Waals surface area contributed by atoms with Gasteiger partial charge in [-0.15, -0.1) is 0 Å². The van der Waals surface area contributed by atoms with Crippen molar-refractivity contribution in [2.24, 2.45) is 0 Å². The summed E-state index contributed by atoms with van der Waals surface area (Å²) in [5.41, 5.74) is 1.44. The van der Waals surface area contributed by atoms with Gasteiger partial charge in [0.15, 0.2) is 15.1 Å². The van der Waals surface area contributed by atoms with Gasteiger partial charge in [0.05, 0.1) is 11.6 Å². The number of nitrogens with one attached hydrogen (secondary N) is 1. The van der Waals surface area contributed by atoms with Crippen LogP contribution in [-0.2, 0) is 14.6 Å². The smallest absolute Gasteiger partial charge is 0.244 e. The van der Waals surface area contributed by atoms with Crippen molar-refractivity contribution in [2.45, 2.75) is 49.7 Å². The quantitative estimate of drug-likeness (QED) is 0.632. The molecule has 0 fully saturated rings. The van der Waals surface area contributed by atoms with Crippen molar-refractivity contribution >= 4 is 15.7 Å². The molecule has 0 spiro atoms. The normalized spacial score (nSPS) is 13.1. The monoisotopic (exact) mass is 434 g/mol. The summed E-state index contributed by atoms with van der Waals surface area (Å²) in [6, 6.07) is 10.6. The fourth-order valence-corrected chi connectivity index (χ4v) is 5.18. The van der Waals surface area contributed by atoms with Gasteiger partial charge in [-0.05, 0) is 66.9 Å². The standard InChI is InChI=1S/C23H31FN2O3S/c1-15(2)19-12-17(24)13-20(16(3)4)21(19)22(23(27)25-14-26(5)6)30(28,29)18-10-8-7-9-11-18/h7-13,15-16,22H,14H2,1-6H3,(H,25,27). The van der Waals surface area contributed by atoms with Crippen LogP contribution in [0.25, 0.3) is 0 Å². The van der Waals surface area contributed by atoms with Crippen molar-refractivity contribution < 1.29 is 17.6 Å². The molecule has 1 N–H and O–H groups in total. The maximum atomic E-state index is 14.4. The molecule has 1 unspecified atom stereocenters. The minimum Gasteiger partial charge on any atom is -0.342 e. The van der Waals surface area contributed by atoms with Gasteiger partial charge in [0.1, 0.15) is 5.82 Å². The number of hydrogen-bond donors (Lipinski definition) is 1. The molecule has 0 aliphatic carbocycles.